The minimum absolute atomic E-state index is 0.345. The van der Waals surface area contributed by atoms with Crippen molar-refractivity contribution >= 4 is 5.78 Å². The Morgan fingerprint density at radius 3 is 2.28 bits per heavy atom. The zero-order valence-electron chi connectivity index (χ0n) is 11.5. The highest BCUT2D eigenvalue weighted by molar-refractivity contribution is 6.02. The van der Waals surface area contributed by atoms with E-state index in [1.54, 1.807) is 25.3 Å². The molecule has 0 aliphatic heterocycles. The molecule has 0 fully saturated rings. The normalized spacial score (nSPS) is 13.0. The third-order valence-corrected chi connectivity index (χ3v) is 2.74. The minimum Gasteiger partial charge on any atom is -0.497 e. The molecule has 1 rings (SSSR count). The highest BCUT2D eigenvalue weighted by atomic mass is 16.5. The van der Waals surface area contributed by atoms with E-state index in [2.05, 4.69) is 0 Å². The number of hydrogen-bond acceptors (Lipinski definition) is 4. The van der Waals surface area contributed by atoms with Crippen molar-refractivity contribution in [3.8, 4) is 11.5 Å². The molecule has 0 spiro atoms. The average Bonchev–Trinajstić information content (AvgIpc) is 2.35. The van der Waals surface area contributed by atoms with Crippen molar-refractivity contribution in [1.29, 1.82) is 0 Å². The van der Waals surface area contributed by atoms with E-state index < -0.39 is 11.5 Å². The standard InChI is InChI=1S/C14H20O4/c1-14(2,3)13(16)12(15)10-7-6-9(17-4)8-11(10)18-5/h6-8,13,16H,1-5H3. The molecule has 0 amide bonds. The average molecular weight is 252 g/mol. The number of benzene rings is 1. The molecule has 100 valence electrons. The molecule has 1 atom stereocenters. The SMILES string of the molecule is COc1ccc(C(=O)C(O)C(C)(C)C)c(OC)c1. The van der Waals surface area contributed by atoms with Crippen LogP contribution in [0.4, 0.5) is 0 Å². The Morgan fingerprint density at radius 1 is 1.22 bits per heavy atom. The molecular formula is C14H20O4. The van der Waals surface area contributed by atoms with Crippen LogP contribution in [0.1, 0.15) is 31.1 Å². The maximum Gasteiger partial charge on any atom is 0.195 e. The molecule has 0 radical (unpaired) electrons. The predicted molar refractivity (Wildman–Crippen MR) is 69.3 cm³/mol. The third kappa shape index (κ3) is 3.01. The van der Waals surface area contributed by atoms with Crippen molar-refractivity contribution in [2.45, 2.75) is 26.9 Å². The Hall–Kier alpha value is -1.55. The number of Topliss-reactive ketones (excluding diaryl/α,β-unsaturated/α-hetero) is 1. The van der Waals surface area contributed by atoms with Gasteiger partial charge in [-0.3, -0.25) is 4.79 Å². The molecule has 1 aromatic rings. The predicted octanol–water partition coefficient (Wildman–Crippen LogP) is 2.29. The summed E-state index contributed by atoms with van der Waals surface area (Å²) in [6.07, 6.45) is -1.07. The number of rotatable bonds is 4. The van der Waals surface area contributed by atoms with Crippen molar-refractivity contribution < 1.29 is 19.4 Å². The third-order valence-electron chi connectivity index (χ3n) is 2.74. The van der Waals surface area contributed by atoms with Gasteiger partial charge in [-0.25, -0.2) is 0 Å². The van der Waals surface area contributed by atoms with Gasteiger partial charge in [-0.15, -0.1) is 0 Å². The summed E-state index contributed by atoms with van der Waals surface area (Å²) in [7, 11) is 3.02. The van der Waals surface area contributed by atoms with Crippen molar-refractivity contribution in [3.63, 3.8) is 0 Å². The van der Waals surface area contributed by atoms with Crippen LogP contribution in [0.25, 0.3) is 0 Å². The summed E-state index contributed by atoms with van der Waals surface area (Å²) in [5.74, 6) is 0.665. The van der Waals surface area contributed by atoms with Crippen LogP contribution in [0.5, 0.6) is 11.5 Å². The second-order valence-corrected chi connectivity index (χ2v) is 5.20. The fraction of sp³-hybridized carbons (Fsp3) is 0.500. The highest BCUT2D eigenvalue weighted by Gasteiger charge is 2.31. The van der Waals surface area contributed by atoms with E-state index in [9.17, 15) is 9.90 Å². The van der Waals surface area contributed by atoms with Crippen LogP contribution in [-0.2, 0) is 0 Å². The number of aliphatic hydroxyl groups is 1. The molecule has 0 aliphatic rings. The topological polar surface area (TPSA) is 55.8 Å². The monoisotopic (exact) mass is 252 g/mol. The van der Waals surface area contributed by atoms with E-state index in [0.29, 0.717) is 17.1 Å². The second-order valence-electron chi connectivity index (χ2n) is 5.20. The summed E-state index contributed by atoms with van der Waals surface area (Å²) >= 11 is 0. The maximum atomic E-state index is 12.2. The fourth-order valence-corrected chi connectivity index (χ4v) is 1.54. The summed E-state index contributed by atoms with van der Waals surface area (Å²) in [5.41, 5.74) is -0.150. The zero-order valence-corrected chi connectivity index (χ0v) is 11.5. The molecule has 0 heterocycles. The van der Waals surface area contributed by atoms with E-state index in [-0.39, 0.29) is 5.78 Å². The Morgan fingerprint density at radius 2 is 1.83 bits per heavy atom. The first-order valence-corrected chi connectivity index (χ1v) is 5.75. The van der Waals surface area contributed by atoms with Crippen LogP contribution >= 0.6 is 0 Å². The van der Waals surface area contributed by atoms with Crippen LogP contribution in [0.3, 0.4) is 0 Å². The summed E-state index contributed by atoms with van der Waals surface area (Å²) in [6, 6.07) is 4.91. The first-order chi connectivity index (χ1) is 8.31. The highest BCUT2D eigenvalue weighted by Crippen LogP contribution is 2.29. The molecule has 4 nitrogen and oxygen atoms in total. The van der Waals surface area contributed by atoms with Crippen LogP contribution in [-0.4, -0.2) is 31.2 Å². The zero-order chi connectivity index (χ0) is 13.9. The molecule has 0 saturated carbocycles. The largest absolute Gasteiger partial charge is 0.497 e. The van der Waals surface area contributed by atoms with E-state index in [4.69, 9.17) is 9.47 Å². The van der Waals surface area contributed by atoms with Gasteiger partial charge in [0.2, 0.25) is 0 Å². The number of carbonyl (C=O) groups excluding carboxylic acids is 1. The molecule has 1 unspecified atom stereocenters. The molecule has 0 bridgehead atoms. The van der Waals surface area contributed by atoms with Crippen LogP contribution < -0.4 is 9.47 Å². The maximum absolute atomic E-state index is 12.2. The summed E-state index contributed by atoms with van der Waals surface area (Å²) in [6.45, 7) is 5.43. The van der Waals surface area contributed by atoms with Gasteiger partial charge in [-0.05, 0) is 17.5 Å². The summed E-state index contributed by atoms with van der Waals surface area (Å²) in [5, 5.41) is 10.0. The number of ether oxygens (including phenoxy) is 2. The van der Waals surface area contributed by atoms with Crippen LogP contribution in [0.2, 0.25) is 0 Å². The lowest BCUT2D eigenvalue weighted by atomic mass is 9.84. The number of ketones is 1. The van der Waals surface area contributed by atoms with Crippen molar-refractivity contribution in [3.05, 3.63) is 23.8 Å². The van der Waals surface area contributed by atoms with Gasteiger partial charge in [0.05, 0.1) is 19.8 Å². The molecule has 0 aliphatic carbocycles. The molecule has 4 heteroatoms. The van der Waals surface area contributed by atoms with Gasteiger partial charge in [0.25, 0.3) is 0 Å². The number of aliphatic hydroxyl groups excluding tert-OH is 1. The van der Waals surface area contributed by atoms with Gasteiger partial charge in [0.15, 0.2) is 5.78 Å². The smallest absolute Gasteiger partial charge is 0.195 e. The van der Waals surface area contributed by atoms with E-state index >= 15 is 0 Å². The first kappa shape index (κ1) is 14.5. The lowest BCUT2D eigenvalue weighted by molar-refractivity contribution is 0.0440. The first-order valence-electron chi connectivity index (χ1n) is 5.75. The molecule has 0 aromatic heterocycles. The fourth-order valence-electron chi connectivity index (χ4n) is 1.54. The Labute approximate surface area is 108 Å². The van der Waals surface area contributed by atoms with Gasteiger partial charge in [-0.1, -0.05) is 20.8 Å². The number of carbonyl (C=O) groups is 1. The second kappa shape index (κ2) is 5.40. The van der Waals surface area contributed by atoms with Crippen molar-refractivity contribution in [2.24, 2.45) is 5.41 Å². The Bertz CT molecular complexity index is 432. The molecule has 18 heavy (non-hydrogen) atoms. The molecular weight excluding hydrogens is 232 g/mol. The van der Waals surface area contributed by atoms with Gasteiger partial charge < -0.3 is 14.6 Å². The van der Waals surface area contributed by atoms with E-state index in [1.165, 1.54) is 7.11 Å². The van der Waals surface area contributed by atoms with Gasteiger partial charge in [-0.2, -0.15) is 0 Å². The Balaban J connectivity index is 3.13. The van der Waals surface area contributed by atoms with Crippen LogP contribution in [0.15, 0.2) is 18.2 Å². The van der Waals surface area contributed by atoms with E-state index in [0.717, 1.165) is 0 Å². The van der Waals surface area contributed by atoms with Gasteiger partial charge >= 0.3 is 0 Å². The lowest BCUT2D eigenvalue weighted by Gasteiger charge is -2.25. The molecule has 1 aromatic carbocycles. The van der Waals surface area contributed by atoms with Gasteiger partial charge in [0, 0.05) is 6.07 Å². The van der Waals surface area contributed by atoms with Crippen molar-refractivity contribution in [2.75, 3.05) is 14.2 Å². The number of hydrogen-bond donors (Lipinski definition) is 1. The summed E-state index contributed by atoms with van der Waals surface area (Å²) in [4.78, 5) is 12.2. The van der Waals surface area contributed by atoms with Gasteiger partial charge in [0.1, 0.15) is 17.6 Å². The van der Waals surface area contributed by atoms with Crippen LogP contribution in [0, 0.1) is 5.41 Å². The molecule has 0 saturated heterocycles. The molecule has 1 N–H and O–H groups in total. The minimum atomic E-state index is -1.07. The van der Waals surface area contributed by atoms with Crippen molar-refractivity contribution in [1.82, 2.24) is 0 Å². The lowest BCUT2D eigenvalue weighted by Crippen LogP contribution is -2.34. The quantitative estimate of drug-likeness (QED) is 0.835. The summed E-state index contributed by atoms with van der Waals surface area (Å²) < 4.78 is 10.2. The van der Waals surface area contributed by atoms with E-state index in [1.807, 2.05) is 20.8 Å². The number of methoxy groups -OCH3 is 2. The Kier molecular flexibility index (Phi) is 4.35.